The number of anilines is 1. The zero-order valence-corrected chi connectivity index (χ0v) is 15.7. The predicted octanol–water partition coefficient (Wildman–Crippen LogP) is 3.55. The second kappa shape index (κ2) is 7.71. The van der Waals surface area contributed by atoms with Crippen LogP contribution in [-0.2, 0) is 14.3 Å². The van der Waals surface area contributed by atoms with Gasteiger partial charge in [0.25, 0.3) is 0 Å². The number of benzene rings is 1. The van der Waals surface area contributed by atoms with E-state index in [2.05, 4.69) is 19.9 Å². The fourth-order valence-electron chi connectivity index (χ4n) is 2.89. The highest BCUT2D eigenvalue weighted by Crippen LogP contribution is 2.39. The van der Waals surface area contributed by atoms with Crippen molar-refractivity contribution in [1.82, 2.24) is 0 Å². The van der Waals surface area contributed by atoms with Crippen LogP contribution in [0.3, 0.4) is 0 Å². The summed E-state index contributed by atoms with van der Waals surface area (Å²) in [5, 5.41) is 9.21. The Kier molecular flexibility index (Phi) is 5.83. The third-order valence-electron chi connectivity index (χ3n) is 4.50. The topological polar surface area (TPSA) is 62.6 Å². The molecule has 0 saturated heterocycles. The number of methoxy groups -OCH3 is 1. The van der Waals surface area contributed by atoms with E-state index in [1.54, 1.807) is 12.1 Å². The van der Waals surface area contributed by atoms with Crippen molar-refractivity contribution < 1.29 is 18.7 Å². The van der Waals surface area contributed by atoms with Gasteiger partial charge in [0.2, 0.25) is 0 Å². The lowest BCUT2D eigenvalue weighted by atomic mass is 9.88. The van der Waals surface area contributed by atoms with E-state index < -0.39 is 11.8 Å². The van der Waals surface area contributed by atoms with Gasteiger partial charge in [0.1, 0.15) is 24.1 Å². The minimum absolute atomic E-state index is 0.0305. The van der Waals surface area contributed by atoms with Gasteiger partial charge in [-0.05, 0) is 44.6 Å². The third-order valence-corrected chi connectivity index (χ3v) is 4.50. The van der Waals surface area contributed by atoms with E-state index in [1.807, 2.05) is 18.9 Å². The number of ether oxygens (including phenoxy) is 2. The first-order valence-electron chi connectivity index (χ1n) is 8.26. The Hall–Kier alpha value is -2.65. The Morgan fingerprint density at radius 1 is 1.38 bits per heavy atom. The number of hydrogen-bond acceptors (Lipinski definition) is 5. The summed E-state index contributed by atoms with van der Waals surface area (Å²) in [5.41, 5.74) is 2.33. The van der Waals surface area contributed by atoms with Crippen molar-refractivity contribution in [3.63, 3.8) is 0 Å². The fourth-order valence-corrected chi connectivity index (χ4v) is 2.89. The molecule has 5 nitrogen and oxygen atoms in total. The van der Waals surface area contributed by atoms with E-state index in [9.17, 15) is 14.4 Å². The van der Waals surface area contributed by atoms with Crippen LogP contribution >= 0.6 is 0 Å². The Balaban J connectivity index is 2.42. The molecular weight excluding hydrogens is 335 g/mol. The van der Waals surface area contributed by atoms with Crippen LogP contribution in [-0.4, -0.2) is 38.9 Å². The zero-order valence-electron chi connectivity index (χ0n) is 15.7. The smallest absolute Gasteiger partial charge is 0.348 e. The standard InChI is InChI=1S/C20H23FN2O3/c1-13-11-20(2,3)23(4)18-10-17(21)14(9-16(13)18)8-15(12-22)19(24)26-7-6-25-5/h8-11H,6-7H2,1-5H3/b15-8-. The molecule has 0 spiro atoms. The molecule has 0 aliphatic carbocycles. The molecule has 0 unspecified atom stereocenters. The number of rotatable bonds is 5. The van der Waals surface area contributed by atoms with Gasteiger partial charge in [-0.1, -0.05) is 6.08 Å². The molecule has 1 aromatic rings. The van der Waals surface area contributed by atoms with Gasteiger partial charge >= 0.3 is 5.97 Å². The van der Waals surface area contributed by atoms with Gasteiger partial charge in [-0.2, -0.15) is 5.26 Å². The monoisotopic (exact) mass is 358 g/mol. The average Bonchev–Trinajstić information content (AvgIpc) is 2.58. The van der Waals surface area contributed by atoms with Gasteiger partial charge < -0.3 is 14.4 Å². The molecule has 0 saturated carbocycles. The summed E-state index contributed by atoms with van der Waals surface area (Å²) < 4.78 is 24.3. The Morgan fingerprint density at radius 3 is 2.69 bits per heavy atom. The highest BCUT2D eigenvalue weighted by atomic mass is 19.1. The van der Waals surface area contributed by atoms with E-state index in [1.165, 1.54) is 19.3 Å². The van der Waals surface area contributed by atoms with E-state index in [4.69, 9.17) is 9.47 Å². The number of esters is 1. The first kappa shape index (κ1) is 19.7. The van der Waals surface area contributed by atoms with Crippen molar-refractivity contribution in [2.24, 2.45) is 0 Å². The van der Waals surface area contributed by atoms with Gasteiger partial charge in [0, 0.05) is 31.0 Å². The first-order chi connectivity index (χ1) is 12.2. The predicted molar refractivity (Wildman–Crippen MR) is 99.0 cm³/mol. The second-order valence-electron chi connectivity index (χ2n) is 6.73. The highest BCUT2D eigenvalue weighted by Gasteiger charge is 2.29. The summed E-state index contributed by atoms with van der Waals surface area (Å²) in [6, 6.07) is 4.86. The first-order valence-corrected chi connectivity index (χ1v) is 8.26. The van der Waals surface area contributed by atoms with Crippen molar-refractivity contribution >= 4 is 23.3 Å². The molecule has 0 radical (unpaired) electrons. The minimum Gasteiger partial charge on any atom is -0.459 e. The molecular formula is C20H23FN2O3. The Morgan fingerprint density at radius 2 is 2.08 bits per heavy atom. The number of halogens is 1. The van der Waals surface area contributed by atoms with Crippen LogP contribution in [0.15, 0.2) is 23.8 Å². The van der Waals surface area contributed by atoms with Crippen molar-refractivity contribution in [2.45, 2.75) is 26.3 Å². The number of nitrogens with zero attached hydrogens (tertiary/aromatic N) is 2. The van der Waals surface area contributed by atoms with Crippen LogP contribution < -0.4 is 4.90 Å². The Labute approximate surface area is 153 Å². The molecule has 0 atom stereocenters. The fraction of sp³-hybridized carbons (Fsp3) is 0.400. The maximum Gasteiger partial charge on any atom is 0.348 e. The van der Waals surface area contributed by atoms with Crippen LogP contribution in [0.2, 0.25) is 0 Å². The lowest BCUT2D eigenvalue weighted by Crippen LogP contribution is -2.42. The quantitative estimate of drug-likeness (QED) is 0.349. The van der Waals surface area contributed by atoms with Crippen molar-refractivity contribution in [3.8, 4) is 6.07 Å². The summed E-state index contributed by atoms with van der Waals surface area (Å²) in [6.45, 7) is 6.32. The maximum absolute atomic E-state index is 14.6. The molecule has 1 aromatic carbocycles. The van der Waals surface area contributed by atoms with E-state index >= 15 is 0 Å². The Bertz CT molecular complexity index is 819. The molecule has 1 heterocycles. The summed E-state index contributed by atoms with van der Waals surface area (Å²) in [6.07, 6.45) is 3.32. The molecule has 2 rings (SSSR count). The van der Waals surface area contributed by atoms with Crippen LogP contribution in [0, 0.1) is 17.1 Å². The average molecular weight is 358 g/mol. The second-order valence-corrected chi connectivity index (χ2v) is 6.73. The lowest BCUT2D eigenvalue weighted by molar-refractivity contribution is -0.139. The summed E-state index contributed by atoms with van der Waals surface area (Å²) >= 11 is 0. The minimum atomic E-state index is -0.799. The molecule has 138 valence electrons. The van der Waals surface area contributed by atoms with Gasteiger partial charge in [-0.25, -0.2) is 9.18 Å². The summed E-state index contributed by atoms with van der Waals surface area (Å²) in [5.74, 6) is -1.30. The molecule has 0 amide bonds. The zero-order chi connectivity index (χ0) is 19.5. The number of nitriles is 1. The molecule has 1 aliphatic heterocycles. The van der Waals surface area contributed by atoms with Crippen molar-refractivity contribution in [1.29, 1.82) is 5.26 Å². The normalized spacial score (nSPS) is 15.8. The van der Waals surface area contributed by atoms with Crippen LogP contribution in [0.5, 0.6) is 0 Å². The van der Waals surface area contributed by atoms with E-state index in [0.717, 1.165) is 16.8 Å². The molecule has 0 fully saturated rings. The van der Waals surface area contributed by atoms with Gasteiger partial charge in [-0.15, -0.1) is 0 Å². The molecule has 0 aromatic heterocycles. The molecule has 0 N–H and O–H groups in total. The number of fused-ring (bicyclic) bond motifs is 1. The summed E-state index contributed by atoms with van der Waals surface area (Å²) in [4.78, 5) is 13.9. The molecule has 26 heavy (non-hydrogen) atoms. The third kappa shape index (κ3) is 3.94. The maximum atomic E-state index is 14.6. The molecule has 6 heteroatoms. The van der Waals surface area contributed by atoms with E-state index in [-0.39, 0.29) is 29.9 Å². The number of carbonyl (C=O) groups excluding carboxylic acids is 1. The van der Waals surface area contributed by atoms with E-state index in [0.29, 0.717) is 0 Å². The number of likely N-dealkylation sites (N-methyl/N-ethyl adjacent to an activating group) is 1. The number of allylic oxidation sites excluding steroid dienone is 1. The van der Waals surface area contributed by atoms with Crippen LogP contribution in [0.1, 0.15) is 31.9 Å². The van der Waals surface area contributed by atoms with Gasteiger partial charge in [-0.3, -0.25) is 0 Å². The van der Waals surface area contributed by atoms with Crippen LogP contribution in [0.4, 0.5) is 10.1 Å². The number of carbonyl (C=O) groups is 1. The highest BCUT2D eigenvalue weighted by molar-refractivity contribution is 5.98. The largest absolute Gasteiger partial charge is 0.459 e. The molecule has 1 aliphatic rings. The van der Waals surface area contributed by atoms with Gasteiger partial charge in [0.15, 0.2) is 0 Å². The SMILES string of the molecule is COCCOC(=O)/C(C#N)=C\c1cc2c(cc1F)N(C)C(C)(C)C=C2C. The van der Waals surface area contributed by atoms with Crippen molar-refractivity contribution in [2.75, 3.05) is 32.3 Å². The number of hydrogen-bond donors (Lipinski definition) is 0. The molecule has 0 bridgehead atoms. The summed E-state index contributed by atoms with van der Waals surface area (Å²) in [7, 11) is 3.39. The lowest BCUT2D eigenvalue weighted by Gasteiger charge is -2.40. The van der Waals surface area contributed by atoms with Crippen LogP contribution in [0.25, 0.3) is 11.6 Å². The van der Waals surface area contributed by atoms with Crippen molar-refractivity contribution in [3.05, 3.63) is 40.7 Å². The van der Waals surface area contributed by atoms with Gasteiger partial charge in [0.05, 0.1) is 12.1 Å².